The summed E-state index contributed by atoms with van der Waals surface area (Å²) in [6.45, 7) is 5.15. The standard InChI is InChI=1S/C23H24F3NO3/c1-16-13-27(14-17(2)30-16)22(28)11-8-18-4-3-5-21(12-18)29-15-19-6-9-20(10-7-19)23(24,25)26/h3-12,16-17H,13-15H2,1-2H3/b11-8+/t16-,17-/m0/s1. The molecule has 0 spiro atoms. The van der Waals surface area contributed by atoms with Crippen LogP contribution >= 0.6 is 0 Å². The zero-order valence-electron chi connectivity index (χ0n) is 16.9. The van der Waals surface area contributed by atoms with Crippen molar-refractivity contribution in [2.24, 2.45) is 0 Å². The maximum absolute atomic E-state index is 12.6. The fourth-order valence-electron chi connectivity index (χ4n) is 3.30. The van der Waals surface area contributed by atoms with Crippen LogP contribution in [-0.2, 0) is 22.3 Å². The Morgan fingerprint density at radius 1 is 1.13 bits per heavy atom. The van der Waals surface area contributed by atoms with Crippen molar-refractivity contribution in [3.63, 3.8) is 0 Å². The lowest BCUT2D eigenvalue weighted by molar-refractivity contribution is -0.138. The summed E-state index contributed by atoms with van der Waals surface area (Å²) in [5, 5.41) is 0. The molecule has 160 valence electrons. The lowest BCUT2D eigenvalue weighted by atomic mass is 10.1. The summed E-state index contributed by atoms with van der Waals surface area (Å²) in [4.78, 5) is 14.2. The van der Waals surface area contributed by atoms with E-state index in [9.17, 15) is 18.0 Å². The summed E-state index contributed by atoms with van der Waals surface area (Å²) < 4.78 is 49.2. The third kappa shape index (κ3) is 6.10. The van der Waals surface area contributed by atoms with E-state index in [1.807, 2.05) is 19.9 Å². The van der Waals surface area contributed by atoms with Gasteiger partial charge in [0.05, 0.1) is 17.8 Å². The Hall–Kier alpha value is -2.80. The summed E-state index contributed by atoms with van der Waals surface area (Å²) in [5.41, 5.74) is 0.740. The molecule has 1 heterocycles. The highest BCUT2D eigenvalue weighted by Gasteiger charge is 2.30. The maximum Gasteiger partial charge on any atom is 0.416 e. The fraction of sp³-hybridized carbons (Fsp3) is 0.348. The molecule has 0 unspecified atom stereocenters. The maximum atomic E-state index is 12.6. The van der Waals surface area contributed by atoms with E-state index in [4.69, 9.17) is 9.47 Å². The molecule has 4 nitrogen and oxygen atoms in total. The minimum Gasteiger partial charge on any atom is -0.489 e. The Kier molecular flexibility index (Phi) is 6.82. The molecule has 2 aromatic rings. The van der Waals surface area contributed by atoms with Gasteiger partial charge in [0.25, 0.3) is 0 Å². The molecule has 0 radical (unpaired) electrons. The van der Waals surface area contributed by atoms with Gasteiger partial charge in [-0.2, -0.15) is 13.2 Å². The van der Waals surface area contributed by atoms with Gasteiger partial charge in [-0.05, 0) is 55.3 Å². The number of nitrogens with zero attached hydrogens (tertiary/aromatic N) is 1. The van der Waals surface area contributed by atoms with Crippen molar-refractivity contribution >= 4 is 12.0 Å². The summed E-state index contributed by atoms with van der Waals surface area (Å²) in [6.07, 6.45) is -1.09. The quantitative estimate of drug-likeness (QED) is 0.645. The number of hydrogen-bond acceptors (Lipinski definition) is 3. The van der Waals surface area contributed by atoms with E-state index in [2.05, 4.69) is 0 Å². The highest BCUT2D eigenvalue weighted by molar-refractivity contribution is 5.91. The molecule has 1 aliphatic rings. The average Bonchev–Trinajstić information content (AvgIpc) is 2.70. The molecule has 1 fully saturated rings. The van der Waals surface area contributed by atoms with Gasteiger partial charge in [-0.1, -0.05) is 24.3 Å². The van der Waals surface area contributed by atoms with Gasteiger partial charge in [0.2, 0.25) is 5.91 Å². The minimum absolute atomic E-state index is 0.00743. The van der Waals surface area contributed by atoms with Crippen LogP contribution in [0.3, 0.4) is 0 Å². The number of carbonyl (C=O) groups is 1. The number of amides is 1. The predicted molar refractivity (Wildman–Crippen MR) is 108 cm³/mol. The topological polar surface area (TPSA) is 38.8 Å². The fourth-order valence-corrected chi connectivity index (χ4v) is 3.30. The van der Waals surface area contributed by atoms with E-state index in [0.717, 1.165) is 17.7 Å². The van der Waals surface area contributed by atoms with E-state index in [1.165, 1.54) is 18.2 Å². The van der Waals surface area contributed by atoms with E-state index in [0.29, 0.717) is 24.4 Å². The van der Waals surface area contributed by atoms with Crippen LogP contribution < -0.4 is 4.74 Å². The molecule has 1 saturated heterocycles. The zero-order chi connectivity index (χ0) is 21.7. The first kappa shape index (κ1) is 21.9. The van der Waals surface area contributed by atoms with Crippen molar-refractivity contribution < 1.29 is 27.4 Å². The highest BCUT2D eigenvalue weighted by atomic mass is 19.4. The second-order valence-electron chi connectivity index (χ2n) is 7.39. The van der Waals surface area contributed by atoms with E-state index >= 15 is 0 Å². The monoisotopic (exact) mass is 419 g/mol. The number of ether oxygens (including phenoxy) is 2. The summed E-state index contributed by atoms with van der Waals surface area (Å²) in [5.74, 6) is 0.492. The molecule has 0 saturated carbocycles. The zero-order valence-corrected chi connectivity index (χ0v) is 16.9. The number of hydrogen-bond donors (Lipinski definition) is 0. The van der Waals surface area contributed by atoms with Crippen molar-refractivity contribution in [3.05, 3.63) is 71.3 Å². The Bertz CT molecular complexity index is 883. The van der Waals surface area contributed by atoms with Crippen LogP contribution in [0, 0.1) is 0 Å². The molecule has 2 atom stereocenters. The van der Waals surface area contributed by atoms with Crippen molar-refractivity contribution in [2.45, 2.75) is 38.8 Å². The van der Waals surface area contributed by atoms with Gasteiger partial charge in [-0.15, -0.1) is 0 Å². The first-order chi connectivity index (χ1) is 14.2. The van der Waals surface area contributed by atoms with E-state index in [-0.39, 0.29) is 24.7 Å². The minimum atomic E-state index is -4.35. The molecule has 1 amide bonds. The van der Waals surface area contributed by atoms with E-state index in [1.54, 1.807) is 29.2 Å². The predicted octanol–water partition coefficient (Wildman–Crippen LogP) is 4.93. The van der Waals surface area contributed by atoms with Crippen LogP contribution in [0.15, 0.2) is 54.6 Å². The number of halogens is 3. The first-order valence-electron chi connectivity index (χ1n) is 9.72. The Labute approximate surface area is 173 Å². The van der Waals surface area contributed by atoms with Gasteiger partial charge in [0.1, 0.15) is 12.4 Å². The van der Waals surface area contributed by atoms with Crippen molar-refractivity contribution in [3.8, 4) is 5.75 Å². The highest BCUT2D eigenvalue weighted by Crippen LogP contribution is 2.29. The molecule has 2 aromatic carbocycles. The molecule has 3 rings (SSSR count). The number of benzene rings is 2. The normalized spacial score (nSPS) is 19.8. The Morgan fingerprint density at radius 2 is 1.80 bits per heavy atom. The van der Waals surface area contributed by atoms with Gasteiger partial charge in [-0.25, -0.2) is 0 Å². The smallest absolute Gasteiger partial charge is 0.416 e. The van der Waals surface area contributed by atoms with Crippen LogP contribution in [0.4, 0.5) is 13.2 Å². The van der Waals surface area contributed by atoms with Crippen molar-refractivity contribution in [1.82, 2.24) is 4.90 Å². The SMILES string of the molecule is C[C@H]1CN(C(=O)/C=C/c2cccc(OCc3ccc(C(F)(F)F)cc3)c2)C[C@H](C)O1. The second-order valence-corrected chi connectivity index (χ2v) is 7.39. The number of alkyl halides is 3. The Balaban J connectivity index is 1.58. The molecule has 7 heteroatoms. The van der Waals surface area contributed by atoms with Crippen LogP contribution in [0.1, 0.15) is 30.5 Å². The van der Waals surface area contributed by atoms with E-state index < -0.39 is 11.7 Å². The van der Waals surface area contributed by atoms with Crippen LogP contribution in [0.25, 0.3) is 6.08 Å². The first-order valence-corrected chi connectivity index (χ1v) is 9.72. The van der Waals surface area contributed by atoms with Crippen LogP contribution in [0.2, 0.25) is 0 Å². The van der Waals surface area contributed by atoms with Gasteiger partial charge in [0, 0.05) is 19.2 Å². The number of rotatable bonds is 5. The number of morpholine rings is 1. The third-order valence-corrected chi connectivity index (χ3v) is 4.69. The second kappa shape index (κ2) is 9.34. The van der Waals surface area contributed by atoms with Gasteiger partial charge in [0.15, 0.2) is 0 Å². The summed E-state index contributed by atoms with van der Waals surface area (Å²) in [6, 6.07) is 12.1. The van der Waals surface area contributed by atoms with Gasteiger partial charge in [-0.3, -0.25) is 4.79 Å². The lowest BCUT2D eigenvalue weighted by Crippen LogP contribution is -2.47. The molecule has 0 bridgehead atoms. The molecular formula is C23H24F3NO3. The van der Waals surface area contributed by atoms with Crippen molar-refractivity contribution in [1.29, 1.82) is 0 Å². The molecular weight excluding hydrogens is 395 g/mol. The third-order valence-electron chi connectivity index (χ3n) is 4.69. The van der Waals surface area contributed by atoms with Gasteiger partial charge >= 0.3 is 6.18 Å². The van der Waals surface area contributed by atoms with Crippen LogP contribution in [0.5, 0.6) is 5.75 Å². The largest absolute Gasteiger partial charge is 0.489 e. The van der Waals surface area contributed by atoms with Gasteiger partial charge < -0.3 is 14.4 Å². The Morgan fingerprint density at radius 3 is 2.43 bits per heavy atom. The summed E-state index contributed by atoms with van der Waals surface area (Å²) >= 11 is 0. The summed E-state index contributed by atoms with van der Waals surface area (Å²) in [7, 11) is 0. The molecule has 30 heavy (non-hydrogen) atoms. The average molecular weight is 419 g/mol. The van der Waals surface area contributed by atoms with Crippen LogP contribution in [-0.4, -0.2) is 36.1 Å². The lowest BCUT2D eigenvalue weighted by Gasteiger charge is -2.34. The molecule has 0 aliphatic carbocycles. The molecule has 0 N–H and O–H groups in total. The molecule has 0 aromatic heterocycles. The van der Waals surface area contributed by atoms with Crippen molar-refractivity contribution in [2.75, 3.05) is 13.1 Å². The number of carbonyl (C=O) groups excluding carboxylic acids is 1. The molecule has 1 aliphatic heterocycles.